The number of carbonyl (C=O) groups excluding carboxylic acids is 1. The molecule has 1 aromatic carbocycles. The maximum absolute atomic E-state index is 12.1. The minimum atomic E-state index is -0.248. The van der Waals surface area contributed by atoms with Gasteiger partial charge in [0.15, 0.2) is 0 Å². The van der Waals surface area contributed by atoms with E-state index >= 15 is 0 Å². The molecule has 0 aromatic heterocycles. The fraction of sp³-hybridized carbons (Fsp3) is 0.154. The molecule has 2 rings (SSSR count). The summed E-state index contributed by atoms with van der Waals surface area (Å²) in [5.74, 6) is -0.158. The molecule has 0 heterocycles. The molecule has 1 aliphatic carbocycles. The van der Waals surface area contributed by atoms with Crippen LogP contribution in [0.2, 0.25) is 0 Å². The molecule has 0 aliphatic heterocycles. The molecule has 5 heteroatoms. The highest BCUT2D eigenvalue weighted by atomic mass is 79.9. The van der Waals surface area contributed by atoms with Gasteiger partial charge in [0.1, 0.15) is 0 Å². The first kappa shape index (κ1) is 13.5. The summed E-state index contributed by atoms with van der Waals surface area (Å²) in [6.45, 7) is 0. The number of nitrogens with one attached hydrogen (secondary N) is 1. The van der Waals surface area contributed by atoms with Gasteiger partial charge in [-0.1, -0.05) is 37.9 Å². The number of allylic oxidation sites excluding steroid dienone is 2. The Morgan fingerprint density at radius 1 is 1.28 bits per heavy atom. The SMILES string of the molecule is NC1CC=C(Br)C=C1C(=O)Nc1ccc(Br)cc1. The van der Waals surface area contributed by atoms with E-state index in [0.717, 1.165) is 14.6 Å². The molecule has 1 amide bonds. The van der Waals surface area contributed by atoms with Crippen molar-refractivity contribution < 1.29 is 4.79 Å². The zero-order valence-corrected chi connectivity index (χ0v) is 12.7. The van der Waals surface area contributed by atoms with Gasteiger partial charge in [-0.2, -0.15) is 0 Å². The van der Waals surface area contributed by atoms with Crippen LogP contribution in [0.15, 0.2) is 50.9 Å². The Hall–Kier alpha value is -0.910. The van der Waals surface area contributed by atoms with E-state index in [-0.39, 0.29) is 11.9 Å². The molecule has 0 saturated carbocycles. The van der Waals surface area contributed by atoms with Crippen LogP contribution in [0, 0.1) is 0 Å². The standard InChI is InChI=1S/C13H12Br2N2O/c14-8-1-4-10(5-2-8)17-13(18)11-7-9(15)3-6-12(11)16/h1-5,7,12H,6,16H2,(H,17,18). The van der Waals surface area contributed by atoms with Gasteiger partial charge in [0.05, 0.1) is 0 Å². The molecule has 0 fully saturated rings. The van der Waals surface area contributed by atoms with Gasteiger partial charge in [-0.15, -0.1) is 0 Å². The highest BCUT2D eigenvalue weighted by Crippen LogP contribution is 2.22. The molecule has 3 N–H and O–H groups in total. The quantitative estimate of drug-likeness (QED) is 0.837. The molecule has 1 aromatic rings. The average Bonchev–Trinajstić information content (AvgIpc) is 2.35. The minimum Gasteiger partial charge on any atom is -0.324 e. The van der Waals surface area contributed by atoms with Crippen molar-refractivity contribution in [2.45, 2.75) is 12.5 Å². The molecule has 0 radical (unpaired) electrons. The van der Waals surface area contributed by atoms with E-state index in [1.807, 2.05) is 30.3 Å². The van der Waals surface area contributed by atoms with Crippen LogP contribution < -0.4 is 11.1 Å². The van der Waals surface area contributed by atoms with E-state index in [0.29, 0.717) is 12.0 Å². The zero-order valence-electron chi connectivity index (χ0n) is 9.49. The highest BCUT2D eigenvalue weighted by Gasteiger charge is 2.20. The van der Waals surface area contributed by atoms with Crippen LogP contribution in [0.25, 0.3) is 0 Å². The van der Waals surface area contributed by atoms with Gasteiger partial charge in [-0.05, 0) is 36.8 Å². The van der Waals surface area contributed by atoms with Crippen molar-refractivity contribution in [2.24, 2.45) is 5.73 Å². The number of nitrogens with two attached hydrogens (primary N) is 1. The number of hydrogen-bond donors (Lipinski definition) is 2. The molecule has 1 unspecified atom stereocenters. The first-order chi connectivity index (χ1) is 8.56. The second kappa shape index (κ2) is 5.82. The first-order valence-electron chi connectivity index (χ1n) is 5.46. The number of carbonyl (C=O) groups is 1. The van der Waals surface area contributed by atoms with Crippen LogP contribution in [0.5, 0.6) is 0 Å². The van der Waals surface area contributed by atoms with Gasteiger partial charge in [-0.25, -0.2) is 0 Å². The monoisotopic (exact) mass is 370 g/mol. The third kappa shape index (κ3) is 3.31. The van der Waals surface area contributed by atoms with Crippen LogP contribution in [0.4, 0.5) is 5.69 Å². The number of anilines is 1. The first-order valence-corrected chi connectivity index (χ1v) is 7.04. The molecule has 94 valence electrons. The van der Waals surface area contributed by atoms with E-state index in [1.54, 1.807) is 6.08 Å². The topological polar surface area (TPSA) is 55.1 Å². The van der Waals surface area contributed by atoms with Gasteiger partial charge in [0.2, 0.25) is 0 Å². The Bertz CT molecular complexity index is 520. The Morgan fingerprint density at radius 2 is 1.94 bits per heavy atom. The number of halogens is 2. The summed E-state index contributed by atoms with van der Waals surface area (Å²) in [6, 6.07) is 7.17. The van der Waals surface area contributed by atoms with Crippen LogP contribution in [0.3, 0.4) is 0 Å². The smallest absolute Gasteiger partial charge is 0.253 e. The third-order valence-corrected chi connectivity index (χ3v) is 3.71. The van der Waals surface area contributed by atoms with Crippen LogP contribution in [-0.2, 0) is 4.79 Å². The summed E-state index contributed by atoms with van der Waals surface area (Å²) in [7, 11) is 0. The van der Waals surface area contributed by atoms with Crippen LogP contribution >= 0.6 is 31.9 Å². The summed E-state index contributed by atoms with van der Waals surface area (Å²) in [6.07, 6.45) is 4.39. The third-order valence-electron chi connectivity index (χ3n) is 2.62. The van der Waals surface area contributed by atoms with E-state index in [9.17, 15) is 4.79 Å². The predicted octanol–water partition coefficient (Wildman–Crippen LogP) is 3.32. The summed E-state index contributed by atoms with van der Waals surface area (Å²) in [4.78, 5) is 12.1. The normalized spacial score (nSPS) is 18.9. The van der Waals surface area contributed by atoms with Gasteiger partial charge < -0.3 is 11.1 Å². The zero-order chi connectivity index (χ0) is 13.1. The van der Waals surface area contributed by atoms with Crippen LogP contribution in [0.1, 0.15) is 6.42 Å². The molecule has 0 spiro atoms. The molecule has 1 aliphatic rings. The lowest BCUT2D eigenvalue weighted by Crippen LogP contribution is -2.31. The predicted molar refractivity (Wildman–Crippen MR) is 80.5 cm³/mol. The van der Waals surface area contributed by atoms with Crippen molar-refractivity contribution in [3.05, 3.63) is 50.9 Å². The average molecular weight is 372 g/mol. The maximum atomic E-state index is 12.1. The van der Waals surface area contributed by atoms with Gasteiger partial charge in [0.25, 0.3) is 5.91 Å². The Kier molecular flexibility index (Phi) is 4.37. The Labute approximate surface area is 122 Å². The lowest BCUT2D eigenvalue weighted by atomic mass is 9.99. The van der Waals surface area contributed by atoms with Crippen molar-refractivity contribution in [1.82, 2.24) is 0 Å². The Morgan fingerprint density at radius 3 is 2.61 bits per heavy atom. The number of rotatable bonds is 2. The maximum Gasteiger partial charge on any atom is 0.253 e. The number of amides is 1. The lowest BCUT2D eigenvalue weighted by molar-refractivity contribution is -0.113. The van der Waals surface area contributed by atoms with E-state index in [4.69, 9.17) is 5.73 Å². The van der Waals surface area contributed by atoms with Gasteiger partial charge in [0, 0.05) is 26.3 Å². The molecule has 1 atom stereocenters. The van der Waals surface area contributed by atoms with Gasteiger partial charge in [-0.3, -0.25) is 4.79 Å². The second-order valence-electron chi connectivity index (χ2n) is 3.99. The number of benzene rings is 1. The highest BCUT2D eigenvalue weighted by molar-refractivity contribution is 9.12. The number of hydrogen-bond acceptors (Lipinski definition) is 2. The van der Waals surface area contributed by atoms with Crippen molar-refractivity contribution >= 4 is 43.5 Å². The lowest BCUT2D eigenvalue weighted by Gasteiger charge is -2.18. The van der Waals surface area contributed by atoms with E-state index in [1.165, 1.54) is 0 Å². The summed E-state index contributed by atoms with van der Waals surface area (Å²) < 4.78 is 1.87. The molecule has 0 bridgehead atoms. The van der Waals surface area contributed by atoms with Crippen LogP contribution in [-0.4, -0.2) is 11.9 Å². The fourth-order valence-corrected chi connectivity index (χ4v) is 2.35. The van der Waals surface area contributed by atoms with Crippen molar-refractivity contribution in [1.29, 1.82) is 0 Å². The van der Waals surface area contributed by atoms with Crippen molar-refractivity contribution in [3.63, 3.8) is 0 Å². The molecule has 18 heavy (non-hydrogen) atoms. The van der Waals surface area contributed by atoms with Crippen molar-refractivity contribution in [2.75, 3.05) is 5.32 Å². The van der Waals surface area contributed by atoms with Gasteiger partial charge >= 0.3 is 0 Å². The van der Waals surface area contributed by atoms with E-state index in [2.05, 4.69) is 37.2 Å². The molecular formula is C13H12Br2N2O. The summed E-state index contributed by atoms with van der Waals surface area (Å²) >= 11 is 6.71. The fourth-order valence-electron chi connectivity index (χ4n) is 1.65. The molecule has 3 nitrogen and oxygen atoms in total. The van der Waals surface area contributed by atoms with Crippen molar-refractivity contribution in [3.8, 4) is 0 Å². The second-order valence-corrected chi connectivity index (χ2v) is 5.82. The molecule has 0 saturated heterocycles. The van der Waals surface area contributed by atoms with E-state index < -0.39 is 0 Å². The molecular weight excluding hydrogens is 360 g/mol. The summed E-state index contributed by atoms with van der Waals surface area (Å²) in [5.41, 5.74) is 7.26. The summed E-state index contributed by atoms with van der Waals surface area (Å²) in [5, 5.41) is 2.83. The largest absolute Gasteiger partial charge is 0.324 e. The minimum absolute atomic E-state index is 0.158. The Balaban J connectivity index is 2.12.